The minimum absolute atomic E-state index is 0.174. The maximum atomic E-state index is 12.9. The Bertz CT molecular complexity index is 1010. The summed E-state index contributed by atoms with van der Waals surface area (Å²) in [7, 11) is 1.58. The Morgan fingerprint density at radius 1 is 1.19 bits per heavy atom. The molecule has 3 aromatic rings. The van der Waals surface area contributed by atoms with Crippen LogP contribution in [0.1, 0.15) is 21.5 Å². The zero-order chi connectivity index (χ0) is 19.4. The van der Waals surface area contributed by atoms with Crippen molar-refractivity contribution in [1.82, 2.24) is 9.88 Å². The van der Waals surface area contributed by atoms with Crippen LogP contribution in [0, 0.1) is 6.92 Å². The molecule has 0 spiro atoms. The number of fused-ring (bicyclic) bond motifs is 1. The molecule has 1 N–H and O–H groups in total. The Kier molecular flexibility index (Phi) is 5.94. The number of amides is 1. The van der Waals surface area contributed by atoms with Crippen molar-refractivity contribution in [3.05, 3.63) is 80.6 Å². The summed E-state index contributed by atoms with van der Waals surface area (Å²) in [6.45, 7) is 2.91. The fraction of sp³-hybridized carbons (Fsp3) is 0.238. The number of ether oxygens (including phenoxy) is 1. The monoisotopic (exact) mass is 384 g/mol. The normalized spacial score (nSPS) is 10.9. The molecule has 0 saturated heterocycles. The van der Waals surface area contributed by atoms with E-state index in [0.29, 0.717) is 29.3 Å². The largest absolute Gasteiger partial charge is 0.383 e. The predicted molar refractivity (Wildman–Crippen MR) is 107 cm³/mol. The van der Waals surface area contributed by atoms with Crippen LogP contribution in [-0.4, -0.2) is 36.1 Å². The van der Waals surface area contributed by atoms with E-state index in [4.69, 9.17) is 16.3 Å². The third kappa shape index (κ3) is 4.38. The van der Waals surface area contributed by atoms with Gasteiger partial charge in [-0.3, -0.25) is 9.59 Å². The molecule has 27 heavy (non-hydrogen) atoms. The lowest BCUT2D eigenvalue weighted by Gasteiger charge is -2.22. The van der Waals surface area contributed by atoms with E-state index in [1.165, 1.54) is 0 Å². The highest BCUT2D eigenvalue weighted by Crippen LogP contribution is 2.17. The van der Waals surface area contributed by atoms with Gasteiger partial charge in [-0.2, -0.15) is 0 Å². The van der Waals surface area contributed by atoms with E-state index in [9.17, 15) is 9.59 Å². The molecule has 1 heterocycles. The zero-order valence-corrected chi connectivity index (χ0v) is 16.0. The summed E-state index contributed by atoms with van der Waals surface area (Å²) < 4.78 is 5.13. The number of carbonyl (C=O) groups is 1. The molecule has 5 nitrogen and oxygen atoms in total. The van der Waals surface area contributed by atoms with Crippen LogP contribution in [0.5, 0.6) is 0 Å². The quantitative estimate of drug-likeness (QED) is 0.703. The number of pyridine rings is 1. The van der Waals surface area contributed by atoms with Crippen molar-refractivity contribution in [1.29, 1.82) is 0 Å². The van der Waals surface area contributed by atoms with Gasteiger partial charge in [0, 0.05) is 29.8 Å². The number of benzene rings is 2. The van der Waals surface area contributed by atoms with Crippen molar-refractivity contribution < 1.29 is 9.53 Å². The lowest BCUT2D eigenvalue weighted by atomic mass is 10.1. The lowest BCUT2D eigenvalue weighted by Crippen LogP contribution is -2.35. The molecule has 1 aromatic heterocycles. The Hall–Kier alpha value is -2.63. The maximum Gasteiger partial charge on any atom is 0.254 e. The molecule has 0 saturated carbocycles. The second-order valence-electron chi connectivity index (χ2n) is 6.39. The highest BCUT2D eigenvalue weighted by molar-refractivity contribution is 6.30. The smallest absolute Gasteiger partial charge is 0.254 e. The Morgan fingerprint density at radius 2 is 1.93 bits per heavy atom. The number of nitrogens with zero attached hydrogens (tertiary/aromatic N) is 1. The summed E-state index contributed by atoms with van der Waals surface area (Å²) >= 11 is 5.91. The number of carbonyl (C=O) groups excluding carboxylic acids is 1. The minimum atomic E-state index is -0.192. The Balaban J connectivity index is 1.93. The van der Waals surface area contributed by atoms with Crippen LogP contribution in [-0.2, 0) is 11.3 Å². The molecule has 3 rings (SSSR count). The molecule has 0 aliphatic carbocycles. The number of hydrogen-bond acceptors (Lipinski definition) is 3. The number of halogens is 1. The van der Waals surface area contributed by atoms with E-state index < -0.39 is 0 Å². The second kappa shape index (κ2) is 8.37. The van der Waals surface area contributed by atoms with Crippen molar-refractivity contribution in [3.8, 4) is 0 Å². The van der Waals surface area contributed by atoms with Crippen molar-refractivity contribution >= 4 is 28.4 Å². The van der Waals surface area contributed by atoms with Gasteiger partial charge >= 0.3 is 0 Å². The Labute approximate surface area is 162 Å². The van der Waals surface area contributed by atoms with E-state index >= 15 is 0 Å². The van der Waals surface area contributed by atoms with Gasteiger partial charge in [-0.15, -0.1) is 0 Å². The number of aryl methyl sites for hydroxylation is 1. The highest BCUT2D eigenvalue weighted by Gasteiger charge is 2.18. The van der Waals surface area contributed by atoms with Crippen LogP contribution in [0.3, 0.4) is 0 Å². The van der Waals surface area contributed by atoms with Gasteiger partial charge in [0.1, 0.15) is 0 Å². The maximum absolute atomic E-state index is 12.9. The van der Waals surface area contributed by atoms with E-state index in [0.717, 1.165) is 16.5 Å². The highest BCUT2D eigenvalue weighted by atomic mass is 35.5. The van der Waals surface area contributed by atoms with Crippen LogP contribution in [0.4, 0.5) is 0 Å². The first kappa shape index (κ1) is 19.1. The molecule has 0 fully saturated rings. The van der Waals surface area contributed by atoms with Gasteiger partial charge in [0.2, 0.25) is 0 Å². The number of rotatable bonds is 6. The summed E-state index contributed by atoms with van der Waals surface area (Å²) in [5, 5.41) is 1.51. The van der Waals surface area contributed by atoms with Crippen molar-refractivity contribution in [2.24, 2.45) is 0 Å². The van der Waals surface area contributed by atoms with Crippen molar-refractivity contribution in [2.45, 2.75) is 13.5 Å². The molecule has 0 bridgehead atoms. The first-order valence-corrected chi connectivity index (χ1v) is 9.02. The van der Waals surface area contributed by atoms with E-state index in [-0.39, 0.29) is 18.0 Å². The third-order valence-electron chi connectivity index (χ3n) is 4.47. The average molecular weight is 385 g/mol. The third-order valence-corrected chi connectivity index (χ3v) is 4.72. The van der Waals surface area contributed by atoms with Crippen LogP contribution < -0.4 is 5.56 Å². The zero-order valence-electron chi connectivity index (χ0n) is 15.3. The molecule has 2 aromatic carbocycles. The predicted octanol–water partition coefficient (Wildman–Crippen LogP) is 3.78. The van der Waals surface area contributed by atoms with Gasteiger partial charge in [0.25, 0.3) is 11.5 Å². The molecule has 0 aliphatic heterocycles. The van der Waals surface area contributed by atoms with Gasteiger partial charge in [-0.25, -0.2) is 0 Å². The SMILES string of the molecule is COCCN(Cc1cc2cccc(C)c2[nH]c1=O)C(=O)c1ccc(Cl)cc1. The topological polar surface area (TPSA) is 62.4 Å². The van der Waals surface area contributed by atoms with E-state index in [2.05, 4.69) is 4.98 Å². The van der Waals surface area contributed by atoms with Gasteiger partial charge < -0.3 is 14.6 Å². The van der Waals surface area contributed by atoms with Crippen LogP contribution in [0.2, 0.25) is 5.02 Å². The number of aromatic nitrogens is 1. The first-order chi connectivity index (χ1) is 13.0. The summed E-state index contributed by atoms with van der Waals surface area (Å²) in [5.74, 6) is -0.174. The van der Waals surface area contributed by atoms with Gasteiger partial charge in [-0.05, 0) is 48.2 Å². The minimum Gasteiger partial charge on any atom is -0.383 e. The van der Waals surface area contributed by atoms with Gasteiger partial charge in [0.15, 0.2) is 0 Å². The van der Waals surface area contributed by atoms with Gasteiger partial charge in [0.05, 0.1) is 18.7 Å². The van der Waals surface area contributed by atoms with E-state index in [1.54, 1.807) is 36.3 Å². The first-order valence-electron chi connectivity index (χ1n) is 8.65. The average Bonchev–Trinajstić information content (AvgIpc) is 2.66. The molecule has 0 aliphatic rings. The fourth-order valence-corrected chi connectivity index (χ4v) is 3.11. The molecule has 0 atom stereocenters. The lowest BCUT2D eigenvalue weighted by molar-refractivity contribution is 0.0680. The molecule has 0 radical (unpaired) electrons. The molecule has 0 unspecified atom stereocenters. The number of nitrogens with one attached hydrogen (secondary N) is 1. The Morgan fingerprint density at radius 3 is 2.63 bits per heavy atom. The number of aromatic amines is 1. The molecular formula is C21H21ClN2O3. The fourth-order valence-electron chi connectivity index (χ4n) is 2.98. The van der Waals surface area contributed by atoms with Crippen LogP contribution >= 0.6 is 11.6 Å². The summed E-state index contributed by atoms with van der Waals surface area (Å²) in [6.07, 6.45) is 0. The van der Waals surface area contributed by atoms with Crippen molar-refractivity contribution in [2.75, 3.05) is 20.3 Å². The molecule has 140 valence electrons. The summed E-state index contributed by atoms with van der Waals surface area (Å²) in [4.78, 5) is 30.0. The van der Waals surface area contributed by atoms with Crippen LogP contribution in [0.15, 0.2) is 53.3 Å². The molecule has 1 amide bonds. The summed E-state index contributed by atoms with van der Waals surface area (Å²) in [5.41, 5.74) is 2.68. The number of methoxy groups -OCH3 is 1. The summed E-state index contributed by atoms with van der Waals surface area (Å²) in [6, 6.07) is 14.4. The number of para-hydroxylation sites is 1. The van der Waals surface area contributed by atoms with Gasteiger partial charge in [-0.1, -0.05) is 29.8 Å². The van der Waals surface area contributed by atoms with Crippen molar-refractivity contribution in [3.63, 3.8) is 0 Å². The van der Waals surface area contributed by atoms with Crippen LogP contribution in [0.25, 0.3) is 10.9 Å². The molecular weight excluding hydrogens is 364 g/mol. The molecule has 6 heteroatoms. The van der Waals surface area contributed by atoms with E-state index in [1.807, 2.05) is 31.2 Å². The number of H-pyrrole nitrogens is 1. The number of hydrogen-bond donors (Lipinski definition) is 1. The standard InChI is InChI=1S/C21H21ClN2O3/c1-14-4-3-5-16-12-17(20(25)23-19(14)16)13-24(10-11-27-2)21(26)15-6-8-18(22)9-7-15/h3-9,12H,10-11,13H2,1-2H3,(H,23,25). The second-order valence-corrected chi connectivity index (χ2v) is 6.83.